The molecule has 3 aromatic rings. The van der Waals surface area contributed by atoms with Gasteiger partial charge in [-0.1, -0.05) is 12.1 Å². The van der Waals surface area contributed by atoms with Gasteiger partial charge in [-0.15, -0.1) is 0 Å². The Bertz CT molecular complexity index is 1000. The highest BCUT2D eigenvalue weighted by atomic mass is 16.2. The van der Waals surface area contributed by atoms with Gasteiger partial charge in [0.05, 0.1) is 22.8 Å². The van der Waals surface area contributed by atoms with Crippen LogP contribution in [0.25, 0.3) is 10.9 Å². The lowest BCUT2D eigenvalue weighted by atomic mass is 10.0. The summed E-state index contributed by atoms with van der Waals surface area (Å²) in [6.45, 7) is 3.14. The van der Waals surface area contributed by atoms with E-state index in [9.17, 15) is 9.59 Å². The summed E-state index contributed by atoms with van der Waals surface area (Å²) in [4.78, 5) is 35.8. The molecule has 0 radical (unpaired) electrons. The molecule has 2 aromatic heterocycles. The van der Waals surface area contributed by atoms with Crippen molar-refractivity contribution in [2.75, 3.05) is 13.1 Å². The van der Waals surface area contributed by atoms with E-state index < -0.39 is 0 Å². The lowest BCUT2D eigenvalue weighted by Crippen LogP contribution is -2.40. The predicted octanol–water partition coefficient (Wildman–Crippen LogP) is 2.58. The van der Waals surface area contributed by atoms with Crippen LogP contribution in [0, 0.1) is 6.92 Å². The first-order chi connectivity index (χ1) is 12.6. The molecule has 1 aliphatic heterocycles. The highest BCUT2D eigenvalue weighted by Gasteiger charge is 2.25. The highest BCUT2D eigenvalue weighted by Crippen LogP contribution is 2.22. The Balaban J connectivity index is 1.50. The van der Waals surface area contributed by atoms with Crippen molar-refractivity contribution in [2.45, 2.75) is 25.8 Å². The van der Waals surface area contributed by atoms with E-state index in [0.29, 0.717) is 29.6 Å². The number of rotatable bonds is 2. The summed E-state index contributed by atoms with van der Waals surface area (Å²) in [5.74, 6) is -0.0000617. The Labute approximate surface area is 151 Å². The normalized spacial score (nSPS) is 15.3. The number of aromatic nitrogens is 3. The zero-order valence-electron chi connectivity index (χ0n) is 14.6. The van der Waals surface area contributed by atoms with E-state index in [-0.39, 0.29) is 17.5 Å². The minimum atomic E-state index is -0.0110. The standard InChI is InChI=1S/C20H20N4O2/c1-14-6-7-15(12-21-14)19(25)23-10-8-16(9-11-23)24-13-22-18-5-3-2-4-17(18)20(24)26/h2-7,12-13,16H,8-11H2,1H3. The third-order valence-electron chi connectivity index (χ3n) is 4.99. The van der Waals surface area contributed by atoms with Gasteiger partial charge in [0.2, 0.25) is 0 Å². The van der Waals surface area contributed by atoms with Crippen molar-refractivity contribution < 1.29 is 4.79 Å². The maximum Gasteiger partial charge on any atom is 0.261 e. The van der Waals surface area contributed by atoms with Crippen LogP contribution in [0.4, 0.5) is 0 Å². The number of carbonyl (C=O) groups is 1. The van der Waals surface area contributed by atoms with Crippen LogP contribution in [0.1, 0.15) is 34.9 Å². The number of piperidine rings is 1. The van der Waals surface area contributed by atoms with Crippen LogP contribution in [0.5, 0.6) is 0 Å². The number of benzene rings is 1. The molecule has 1 amide bonds. The zero-order chi connectivity index (χ0) is 18.1. The Morgan fingerprint density at radius 2 is 1.85 bits per heavy atom. The number of hydrogen-bond donors (Lipinski definition) is 0. The molecule has 0 aliphatic carbocycles. The zero-order valence-corrected chi connectivity index (χ0v) is 14.6. The molecule has 0 atom stereocenters. The van der Waals surface area contributed by atoms with E-state index in [1.807, 2.05) is 48.2 Å². The molecule has 0 spiro atoms. The van der Waals surface area contributed by atoms with Gasteiger partial charge in [-0.05, 0) is 44.0 Å². The van der Waals surface area contributed by atoms with Gasteiger partial charge < -0.3 is 4.90 Å². The van der Waals surface area contributed by atoms with E-state index in [1.165, 1.54) is 0 Å². The fraction of sp³-hybridized carbons (Fsp3) is 0.300. The summed E-state index contributed by atoms with van der Waals surface area (Å²) in [5.41, 5.74) is 2.21. The summed E-state index contributed by atoms with van der Waals surface area (Å²) >= 11 is 0. The maximum absolute atomic E-state index is 12.7. The average molecular weight is 348 g/mol. The largest absolute Gasteiger partial charge is 0.338 e. The van der Waals surface area contributed by atoms with Crippen molar-refractivity contribution in [2.24, 2.45) is 0 Å². The molecular formula is C20H20N4O2. The highest BCUT2D eigenvalue weighted by molar-refractivity contribution is 5.94. The molecule has 3 heterocycles. The second-order valence-corrected chi connectivity index (χ2v) is 6.69. The number of fused-ring (bicyclic) bond motifs is 1. The average Bonchev–Trinajstić information content (AvgIpc) is 2.69. The summed E-state index contributed by atoms with van der Waals surface area (Å²) in [7, 11) is 0. The third-order valence-corrected chi connectivity index (χ3v) is 4.99. The minimum absolute atomic E-state index is 0.0000617. The Morgan fingerprint density at radius 1 is 1.08 bits per heavy atom. The summed E-state index contributed by atoms with van der Waals surface area (Å²) in [5, 5.41) is 0.638. The molecule has 6 heteroatoms. The molecule has 0 unspecified atom stereocenters. The monoisotopic (exact) mass is 348 g/mol. The van der Waals surface area contributed by atoms with Crippen molar-refractivity contribution in [3.8, 4) is 0 Å². The number of hydrogen-bond acceptors (Lipinski definition) is 4. The van der Waals surface area contributed by atoms with Crippen molar-refractivity contribution >= 4 is 16.8 Å². The van der Waals surface area contributed by atoms with Gasteiger partial charge in [0.25, 0.3) is 11.5 Å². The van der Waals surface area contributed by atoms with Gasteiger partial charge in [-0.2, -0.15) is 0 Å². The quantitative estimate of drug-likeness (QED) is 0.714. The van der Waals surface area contributed by atoms with Gasteiger partial charge in [0.1, 0.15) is 0 Å². The molecule has 1 aromatic carbocycles. The fourth-order valence-electron chi connectivity index (χ4n) is 3.47. The maximum atomic E-state index is 12.7. The lowest BCUT2D eigenvalue weighted by Gasteiger charge is -2.32. The van der Waals surface area contributed by atoms with E-state index >= 15 is 0 Å². The topological polar surface area (TPSA) is 68.1 Å². The van der Waals surface area contributed by atoms with Crippen LogP contribution in [0.15, 0.2) is 53.7 Å². The van der Waals surface area contributed by atoms with Crippen molar-refractivity contribution in [1.29, 1.82) is 0 Å². The fourth-order valence-corrected chi connectivity index (χ4v) is 3.47. The van der Waals surface area contributed by atoms with Crippen molar-refractivity contribution in [3.63, 3.8) is 0 Å². The summed E-state index contributed by atoms with van der Waals surface area (Å²) in [6.07, 6.45) is 4.74. The molecular weight excluding hydrogens is 328 g/mol. The lowest BCUT2D eigenvalue weighted by molar-refractivity contribution is 0.0693. The third kappa shape index (κ3) is 2.98. The summed E-state index contributed by atoms with van der Waals surface area (Å²) in [6, 6.07) is 11.1. The molecule has 0 saturated carbocycles. The van der Waals surface area contributed by atoms with Crippen LogP contribution in [-0.2, 0) is 0 Å². The van der Waals surface area contributed by atoms with Gasteiger partial charge in [-0.25, -0.2) is 4.98 Å². The summed E-state index contributed by atoms with van der Waals surface area (Å²) < 4.78 is 1.72. The van der Waals surface area contributed by atoms with Crippen LogP contribution >= 0.6 is 0 Å². The second-order valence-electron chi connectivity index (χ2n) is 6.69. The molecule has 1 aliphatic rings. The molecule has 0 bridgehead atoms. The van der Waals surface area contributed by atoms with Crippen LogP contribution < -0.4 is 5.56 Å². The van der Waals surface area contributed by atoms with Crippen LogP contribution in [0.3, 0.4) is 0 Å². The van der Waals surface area contributed by atoms with Gasteiger partial charge in [0.15, 0.2) is 0 Å². The predicted molar refractivity (Wildman–Crippen MR) is 99.2 cm³/mol. The number of aryl methyl sites for hydroxylation is 1. The van der Waals surface area contributed by atoms with E-state index in [1.54, 1.807) is 17.1 Å². The van der Waals surface area contributed by atoms with Gasteiger partial charge >= 0.3 is 0 Å². The first kappa shape index (κ1) is 16.4. The number of pyridine rings is 1. The first-order valence-corrected chi connectivity index (χ1v) is 8.81. The minimum Gasteiger partial charge on any atom is -0.338 e. The molecule has 132 valence electrons. The van der Waals surface area contributed by atoms with Crippen LogP contribution in [0.2, 0.25) is 0 Å². The van der Waals surface area contributed by atoms with Crippen molar-refractivity contribution in [3.05, 3.63) is 70.5 Å². The Hall–Kier alpha value is -3.02. The number of nitrogens with zero attached hydrogens (tertiary/aromatic N) is 4. The SMILES string of the molecule is Cc1ccc(C(=O)N2CCC(n3cnc4ccccc4c3=O)CC2)cn1. The van der Waals surface area contributed by atoms with E-state index in [0.717, 1.165) is 18.5 Å². The van der Waals surface area contributed by atoms with E-state index in [2.05, 4.69) is 9.97 Å². The van der Waals surface area contributed by atoms with E-state index in [4.69, 9.17) is 0 Å². The number of carbonyl (C=O) groups excluding carboxylic acids is 1. The number of likely N-dealkylation sites (tertiary alicyclic amines) is 1. The smallest absolute Gasteiger partial charge is 0.261 e. The second kappa shape index (κ2) is 6.71. The van der Waals surface area contributed by atoms with Crippen LogP contribution in [-0.4, -0.2) is 38.4 Å². The van der Waals surface area contributed by atoms with Gasteiger partial charge in [0, 0.05) is 31.0 Å². The molecule has 26 heavy (non-hydrogen) atoms. The van der Waals surface area contributed by atoms with Crippen molar-refractivity contribution in [1.82, 2.24) is 19.4 Å². The first-order valence-electron chi connectivity index (χ1n) is 8.81. The molecule has 0 N–H and O–H groups in total. The Morgan fingerprint density at radius 3 is 2.58 bits per heavy atom. The van der Waals surface area contributed by atoms with Gasteiger partial charge in [-0.3, -0.25) is 19.1 Å². The Kier molecular flexibility index (Phi) is 4.24. The number of amides is 1. The number of para-hydroxylation sites is 1. The molecule has 4 rings (SSSR count). The molecule has 1 fully saturated rings. The molecule has 1 saturated heterocycles. The molecule has 6 nitrogen and oxygen atoms in total.